The number of hydrogen-bond donors (Lipinski definition) is 1. The quantitative estimate of drug-likeness (QED) is 0.723. The van der Waals surface area contributed by atoms with Crippen LogP contribution in [-0.2, 0) is 16.0 Å². The summed E-state index contributed by atoms with van der Waals surface area (Å²) >= 11 is 0. The smallest absolute Gasteiger partial charge is 0.231 e. The molecule has 2 aromatic rings. The molecule has 3 heterocycles. The lowest BCUT2D eigenvalue weighted by atomic mass is 9.84. The summed E-state index contributed by atoms with van der Waals surface area (Å²) < 4.78 is 10.9. The predicted octanol–water partition coefficient (Wildman–Crippen LogP) is 4.10. The van der Waals surface area contributed by atoms with Crippen LogP contribution >= 0.6 is 0 Å². The number of benzene rings is 2. The third-order valence-electron chi connectivity index (χ3n) is 7.43. The van der Waals surface area contributed by atoms with E-state index < -0.39 is 0 Å². The fourth-order valence-electron chi connectivity index (χ4n) is 5.63. The number of fused-ring (bicyclic) bond motifs is 1. The van der Waals surface area contributed by atoms with Crippen LogP contribution in [0.1, 0.15) is 61.1 Å². The van der Waals surface area contributed by atoms with Crippen LogP contribution < -0.4 is 14.8 Å². The van der Waals surface area contributed by atoms with Crippen molar-refractivity contribution in [3.8, 4) is 11.5 Å². The molecule has 2 amide bonds. The van der Waals surface area contributed by atoms with Gasteiger partial charge in [-0.15, -0.1) is 0 Å². The predicted molar refractivity (Wildman–Crippen MR) is 125 cm³/mol. The summed E-state index contributed by atoms with van der Waals surface area (Å²) in [5, 5.41) is 3.20. The zero-order chi connectivity index (χ0) is 22.8. The van der Waals surface area contributed by atoms with Crippen molar-refractivity contribution in [1.82, 2.24) is 10.2 Å². The van der Waals surface area contributed by atoms with Gasteiger partial charge in [-0.25, -0.2) is 0 Å². The first-order valence-electron chi connectivity index (χ1n) is 12.0. The molecular formula is C27H32N2O4. The molecule has 0 aromatic heterocycles. The first kappa shape index (κ1) is 21.8. The monoisotopic (exact) mass is 448 g/mol. The molecule has 1 N–H and O–H groups in total. The second-order valence-electron chi connectivity index (χ2n) is 9.73. The zero-order valence-electron chi connectivity index (χ0n) is 19.3. The van der Waals surface area contributed by atoms with Crippen molar-refractivity contribution in [2.24, 2.45) is 0 Å². The summed E-state index contributed by atoms with van der Waals surface area (Å²) in [7, 11) is 0. The number of ether oxygens (including phenoxy) is 2. The summed E-state index contributed by atoms with van der Waals surface area (Å²) in [4.78, 5) is 27.4. The number of rotatable bonds is 6. The highest BCUT2D eigenvalue weighted by Crippen LogP contribution is 2.36. The number of piperidine rings is 1. The number of carbonyl (C=O) groups excluding carboxylic acids is 2. The SMILES string of the molecule is Cc1ccccc1[C@H]1CCCN(C(=O)CC[C@@]2(Cc3ccc4c(c3)OCO4)CCC(=O)N2)C1. The molecule has 0 aliphatic carbocycles. The van der Waals surface area contributed by atoms with Gasteiger partial charge in [-0.1, -0.05) is 30.3 Å². The first-order valence-corrected chi connectivity index (χ1v) is 12.0. The molecule has 0 saturated carbocycles. The maximum absolute atomic E-state index is 13.2. The Kier molecular flexibility index (Phi) is 6.00. The summed E-state index contributed by atoms with van der Waals surface area (Å²) in [5.41, 5.74) is 3.36. The number of aryl methyl sites for hydroxylation is 1. The molecule has 0 radical (unpaired) electrons. The van der Waals surface area contributed by atoms with Crippen molar-refractivity contribution in [3.05, 3.63) is 59.2 Å². The highest BCUT2D eigenvalue weighted by molar-refractivity contribution is 5.80. The molecule has 2 fully saturated rings. The summed E-state index contributed by atoms with van der Waals surface area (Å²) in [6.45, 7) is 4.00. The van der Waals surface area contributed by atoms with E-state index in [9.17, 15) is 9.59 Å². The van der Waals surface area contributed by atoms with Crippen LogP contribution in [0.15, 0.2) is 42.5 Å². The van der Waals surface area contributed by atoms with E-state index in [-0.39, 0.29) is 24.1 Å². The summed E-state index contributed by atoms with van der Waals surface area (Å²) in [6.07, 6.45) is 5.21. The Labute approximate surface area is 195 Å². The molecule has 2 saturated heterocycles. The molecule has 5 rings (SSSR count). The Morgan fingerprint density at radius 2 is 2.03 bits per heavy atom. The molecule has 2 aromatic carbocycles. The van der Waals surface area contributed by atoms with Crippen LogP contribution in [0.4, 0.5) is 0 Å². The zero-order valence-corrected chi connectivity index (χ0v) is 19.3. The maximum Gasteiger partial charge on any atom is 0.231 e. The van der Waals surface area contributed by atoms with Gasteiger partial charge in [0.15, 0.2) is 11.5 Å². The van der Waals surface area contributed by atoms with Gasteiger partial charge in [-0.3, -0.25) is 9.59 Å². The van der Waals surface area contributed by atoms with Crippen molar-refractivity contribution >= 4 is 11.8 Å². The second-order valence-corrected chi connectivity index (χ2v) is 9.73. The lowest BCUT2D eigenvalue weighted by Crippen LogP contribution is -2.45. The van der Waals surface area contributed by atoms with E-state index in [0.29, 0.717) is 31.6 Å². The van der Waals surface area contributed by atoms with E-state index in [1.54, 1.807) is 0 Å². The van der Waals surface area contributed by atoms with Crippen LogP contribution in [0.5, 0.6) is 11.5 Å². The van der Waals surface area contributed by atoms with Crippen molar-refractivity contribution < 1.29 is 19.1 Å². The van der Waals surface area contributed by atoms with E-state index in [0.717, 1.165) is 49.4 Å². The average molecular weight is 449 g/mol. The molecule has 33 heavy (non-hydrogen) atoms. The molecule has 3 aliphatic rings. The highest BCUT2D eigenvalue weighted by atomic mass is 16.7. The first-order chi connectivity index (χ1) is 16.0. The van der Waals surface area contributed by atoms with E-state index in [2.05, 4.69) is 36.5 Å². The Morgan fingerprint density at radius 3 is 2.85 bits per heavy atom. The molecule has 0 bridgehead atoms. The molecule has 0 spiro atoms. The van der Waals surface area contributed by atoms with E-state index in [1.165, 1.54) is 11.1 Å². The van der Waals surface area contributed by atoms with E-state index >= 15 is 0 Å². The molecule has 2 atom stereocenters. The van der Waals surface area contributed by atoms with Gasteiger partial charge in [-0.2, -0.15) is 0 Å². The number of hydrogen-bond acceptors (Lipinski definition) is 4. The minimum Gasteiger partial charge on any atom is -0.454 e. The number of carbonyl (C=O) groups is 2. The van der Waals surface area contributed by atoms with Gasteiger partial charge in [0.1, 0.15) is 0 Å². The average Bonchev–Trinajstić information content (AvgIpc) is 3.44. The molecule has 0 unspecified atom stereocenters. The second kappa shape index (κ2) is 9.08. The van der Waals surface area contributed by atoms with Gasteiger partial charge in [0.2, 0.25) is 18.6 Å². The van der Waals surface area contributed by atoms with Gasteiger partial charge in [0.25, 0.3) is 0 Å². The molecule has 6 heteroatoms. The molecule has 3 aliphatic heterocycles. The Morgan fingerprint density at radius 1 is 1.18 bits per heavy atom. The van der Waals surface area contributed by atoms with Crippen molar-refractivity contribution in [2.45, 2.75) is 63.3 Å². The molecular weight excluding hydrogens is 416 g/mol. The van der Waals surface area contributed by atoms with Crippen molar-refractivity contribution in [2.75, 3.05) is 19.9 Å². The van der Waals surface area contributed by atoms with Crippen LogP contribution in [0.2, 0.25) is 0 Å². The third kappa shape index (κ3) is 4.70. The van der Waals surface area contributed by atoms with Gasteiger partial charge < -0.3 is 19.7 Å². The maximum atomic E-state index is 13.2. The third-order valence-corrected chi connectivity index (χ3v) is 7.43. The number of nitrogens with zero attached hydrogens (tertiary/aromatic N) is 1. The lowest BCUT2D eigenvalue weighted by molar-refractivity contribution is -0.133. The van der Waals surface area contributed by atoms with Gasteiger partial charge >= 0.3 is 0 Å². The van der Waals surface area contributed by atoms with Crippen LogP contribution in [0, 0.1) is 6.92 Å². The highest BCUT2D eigenvalue weighted by Gasteiger charge is 2.39. The molecule has 6 nitrogen and oxygen atoms in total. The van der Waals surface area contributed by atoms with Crippen molar-refractivity contribution in [3.63, 3.8) is 0 Å². The fourth-order valence-corrected chi connectivity index (χ4v) is 5.63. The number of likely N-dealkylation sites (tertiary alicyclic amines) is 1. The Hall–Kier alpha value is -3.02. The van der Waals surface area contributed by atoms with Gasteiger partial charge in [0, 0.05) is 37.4 Å². The van der Waals surface area contributed by atoms with Crippen molar-refractivity contribution in [1.29, 1.82) is 0 Å². The van der Waals surface area contributed by atoms with Crippen LogP contribution in [0.3, 0.4) is 0 Å². The minimum atomic E-state index is -0.383. The lowest BCUT2D eigenvalue weighted by Gasteiger charge is -2.35. The Balaban J connectivity index is 1.24. The number of nitrogens with one attached hydrogen (secondary N) is 1. The normalized spacial score (nSPS) is 24.1. The summed E-state index contributed by atoms with van der Waals surface area (Å²) in [6, 6.07) is 14.5. The topological polar surface area (TPSA) is 67.9 Å². The standard InChI is InChI=1S/C27H32N2O4/c1-19-5-2-3-7-22(19)21-6-4-14-29(17-21)26(31)11-13-27(12-10-25(30)28-27)16-20-8-9-23-24(15-20)33-18-32-23/h2-3,5,7-9,15,21H,4,6,10-14,16-18H2,1H3,(H,28,30)/t21-,27+/m0/s1. The number of amides is 2. The van der Waals surface area contributed by atoms with Gasteiger partial charge in [-0.05, 0) is 67.9 Å². The van der Waals surface area contributed by atoms with Crippen LogP contribution in [0.25, 0.3) is 0 Å². The molecule has 174 valence electrons. The van der Waals surface area contributed by atoms with E-state index in [4.69, 9.17) is 9.47 Å². The van der Waals surface area contributed by atoms with Gasteiger partial charge in [0.05, 0.1) is 0 Å². The Bertz CT molecular complexity index is 1050. The van der Waals surface area contributed by atoms with Crippen LogP contribution in [-0.4, -0.2) is 42.1 Å². The summed E-state index contributed by atoms with van der Waals surface area (Å²) in [5.74, 6) is 2.17. The fraction of sp³-hybridized carbons (Fsp3) is 0.481. The van der Waals surface area contributed by atoms with E-state index in [1.807, 2.05) is 23.1 Å². The minimum absolute atomic E-state index is 0.0702. The largest absolute Gasteiger partial charge is 0.454 e.